The van der Waals surface area contributed by atoms with Gasteiger partial charge in [-0.25, -0.2) is 0 Å². The summed E-state index contributed by atoms with van der Waals surface area (Å²) in [6.45, 7) is 11.0. The van der Waals surface area contributed by atoms with E-state index in [2.05, 4.69) is 64.1 Å². The third-order valence-corrected chi connectivity index (χ3v) is 4.54. The van der Waals surface area contributed by atoms with Crippen LogP contribution in [0.2, 0.25) is 0 Å². The van der Waals surface area contributed by atoms with Crippen LogP contribution in [0.4, 0.5) is 0 Å². The van der Waals surface area contributed by atoms with Crippen LogP contribution in [-0.2, 0) is 0 Å². The first-order valence-electron chi connectivity index (χ1n) is 7.49. The Morgan fingerprint density at radius 2 is 1.75 bits per heavy atom. The van der Waals surface area contributed by atoms with Crippen molar-refractivity contribution in [1.29, 1.82) is 0 Å². The van der Waals surface area contributed by atoms with Gasteiger partial charge in [0.2, 0.25) is 0 Å². The minimum atomic E-state index is 0.466. The predicted molar refractivity (Wildman–Crippen MR) is 92.9 cm³/mol. The van der Waals surface area contributed by atoms with Crippen LogP contribution in [0.15, 0.2) is 12.1 Å². The van der Waals surface area contributed by atoms with E-state index in [9.17, 15) is 0 Å². The molecule has 0 amide bonds. The summed E-state index contributed by atoms with van der Waals surface area (Å²) in [6.07, 6.45) is 0. The number of nitrogens with one attached hydrogen (secondary N) is 1. The molecule has 0 fully saturated rings. The first kappa shape index (κ1) is 17.5. The molecule has 1 unspecified atom stereocenters. The Balaban J connectivity index is 2.75. The van der Waals surface area contributed by atoms with Crippen molar-refractivity contribution in [3.8, 4) is 0 Å². The van der Waals surface area contributed by atoms with E-state index in [1.54, 1.807) is 0 Å². The molecule has 20 heavy (non-hydrogen) atoms. The summed E-state index contributed by atoms with van der Waals surface area (Å²) in [4.78, 5) is 2.25. The molecule has 0 spiro atoms. The van der Waals surface area contributed by atoms with Crippen LogP contribution in [0, 0.1) is 20.8 Å². The van der Waals surface area contributed by atoms with Crippen LogP contribution in [-0.4, -0.2) is 43.6 Å². The maximum Gasteiger partial charge on any atom is 0.0417 e. The normalized spacial score (nSPS) is 12.9. The van der Waals surface area contributed by atoms with Crippen molar-refractivity contribution in [2.24, 2.45) is 0 Å². The van der Waals surface area contributed by atoms with E-state index in [1.165, 1.54) is 28.0 Å². The molecular weight excluding hydrogens is 264 g/mol. The Hall–Kier alpha value is -0.510. The summed E-state index contributed by atoms with van der Waals surface area (Å²) < 4.78 is 0. The van der Waals surface area contributed by atoms with Crippen LogP contribution in [0.5, 0.6) is 0 Å². The van der Waals surface area contributed by atoms with E-state index in [0.717, 1.165) is 18.8 Å². The van der Waals surface area contributed by atoms with Gasteiger partial charge < -0.3 is 10.2 Å². The van der Waals surface area contributed by atoms with Crippen molar-refractivity contribution in [2.75, 3.05) is 38.7 Å². The average molecular weight is 295 g/mol. The molecule has 0 aromatic heterocycles. The van der Waals surface area contributed by atoms with Crippen molar-refractivity contribution in [1.82, 2.24) is 10.2 Å². The molecule has 1 aromatic carbocycles. The highest BCUT2D eigenvalue weighted by Crippen LogP contribution is 2.26. The van der Waals surface area contributed by atoms with Gasteiger partial charge in [-0.1, -0.05) is 24.6 Å². The monoisotopic (exact) mass is 294 g/mol. The second-order valence-electron chi connectivity index (χ2n) is 5.80. The number of aryl methyl sites for hydroxylation is 3. The summed E-state index contributed by atoms with van der Waals surface area (Å²) in [5.74, 6) is 2.34. The molecular formula is C17H30N2S. The third kappa shape index (κ3) is 5.47. The van der Waals surface area contributed by atoms with Crippen molar-refractivity contribution in [3.63, 3.8) is 0 Å². The van der Waals surface area contributed by atoms with E-state index < -0.39 is 0 Å². The lowest BCUT2D eigenvalue weighted by Gasteiger charge is -2.23. The zero-order chi connectivity index (χ0) is 15.1. The van der Waals surface area contributed by atoms with Crippen molar-refractivity contribution >= 4 is 11.8 Å². The second kappa shape index (κ2) is 8.71. The van der Waals surface area contributed by atoms with Crippen LogP contribution in [0.3, 0.4) is 0 Å². The van der Waals surface area contributed by atoms with Crippen molar-refractivity contribution in [3.05, 3.63) is 34.4 Å². The first-order valence-corrected chi connectivity index (χ1v) is 8.64. The maximum atomic E-state index is 3.65. The quantitative estimate of drug-likeness (QED) is 0.738. The largest absolute Gasteiger partial charge is 0.309 e. The summed E-state index contributed by atoms with van der Waals surface area (Å²) in [6, 6.07) is 5.07. The molecule has 0 radical (unpaired) electrons. The van der Waals surface area contributed by atoms with Crippen molar-refractivity contribution in [2.45, 2.75) is 33.7 Å². The molecule has 1 aromatic rings. The van der Waals surface area contributed by atoms with Gasteiger partial charge in [0.05, 0.1) is 0 Å². The number of thioether (sulfide) groups is 1. The fourth-order valence-electron chi connectivity index (χ4n) is 2.68. The highest BCUT2D eigenvalue weighted by atomic mass is 32.2. The molecule has 0 heterocycles. The Kier molecular flexibility index (Phi) is 7.63. The molecule has 0 aliphatic carbocycles. The van der Waals surface area contributed by atoms with Crippen LogP contribution in [0.25, 0.3) is 0 Å². The zero-order valence-electron chi connectivity index (χ0n) is 13.9. The lowest BCUT2D eigenvalue weighted by Crippen LogP contribution is -2.25. The fraction of sp³-hybridized carbons (Fsp3) is 0.647. The Bertz CT molecular complexity index is 392. The van der Waals surface area contributed by atoms with Gasteiger partial charge >= 0.3 is 0 Å². The molecule has 1 N–H and O–H groups in total. The Labute approximate surface area is 129 Å². The lowest BCUT2D eigenvalue weighted by molar-refractivity contribution is 0.437. The minimum Gasteiger partial charge on any atom is -0.309 e. The van der Waals surface area contributed by atoms with E-state index in [4.69, 9.17) is 0 Å². The van der Waals surface area contributed by atoms with Gasteiger partial charge in [-0.3, -0.25) is 0 Å². The van der Waals surface area contributed by atoms with Crippen LogP contribution < -0.4 is 5.32 Å². The molecule has 0 aliphatic rings. The first-order chi connectivity index (χ1) is 9.45. The van der Waals surface area contributed by atoms with E-state index >= 15 is 0 Å². The highest BCUT2D eigenvalue weighted by molar-refractivity contribution is 7.99. The predicted octanol–water partition coefficient (Wildman–Crippen LogP) is 3.56. The topological polar surface area (TPSA) is 15.3 Å². The van der Waals surface area contributed by atoms with Gasteiger partial charge in [-0.15, -0.1) is 0 Å². The summed E-state index contributed by atoms with van der Waals surface area (Å²) in [5.41, 5.74) is 5.69. The van der Waals surface area contributed by atoms with Gasteiger partial charge in [-0.2, -0.15) is 11.8 Å². The summed E-state index contributed by atoms with van der Waals surface area (Å²) in [7, 11) is 4.27. The third-order valence-electron chi connectivity index (χ3n) is 3.50. The number of rotatable bonds is 8. The summed E-state index contributed by atoms with van der Waals surface area (Å²) in [5, 5.41) is 3.65. The van der Waals surface area contributed by atoms with Gasteiger partial charge in [0.15, 0.2) is 0 Å². The standard InChI is InChI=1S/C17H30N2S/c1-7-18-16(12-20-9-8-19(5)6)17-14(3)10-13(2)11-15(17)4/h10-11,16,18H,7-9,12H2,1-6H3. The van der Waals surface area contributed by atoms with E-state index in [-0.39, 0.29) is 0 Å². The van der Waals surface area contributed by atoms with Gasteiger partial charge in [0.25, 0.3) is 0 Å². The second-order valence-corrected chi connectivity index (χ2v) is 6.95. The van der Waals surface area contributed by atoms with Gasteiger partial charge in [0.1, 0.15) is 0 Å². The van der Waals surface area contributed by atoms with Crippen molar-refractivity contribution < 1.29 is 0 Å². The molecule has 1 rings (SSSR count). The zero-order valence-corrected chi connectivity index (χ0v) is 14.7. The molecule has 2 nitrogen and oxygen atoms in total. The molecule has 0 aliphatic heterocycles. The van der Waals surface area contributed by atoms with Gasteiger partial charge in [0, 0.05) is 24.1 Å². The molecule has 0 saturated carbocycles. The maximum absolute atomic E-state index is 3.65. The number of benzene rings is 1. The smallest absolute Gasteiger partial charge is 0.0417 e. The molecule has 3 heteroatoms. The number of hydrogen-bond donors (Lipinski definition) is 1. The SMILES string of the molecule is CCNC(CSCCN(C)C)c1c(C)cc(C)cc1C. The van der Waals surface area contributed by atoms with Gasteiger partial charge in [-0.05, 0) is 58.1 Å². The Morgan fingerprint density at radius 3 is 2.25 bits per heavy atom. The molecule has 1 atom stereocenters. The highest BCUT2D eigenvalue weighted by Gasteiger charge is 2.15. The molecule has 0 saturated heterocycles. The van der Waals surface area contributed by atoms with Crippen LogP contribution >= 0.6 is 11.8 Å². The summed E-state index contributed by atoms with van der Waals surface area (Å²) >= 11 is 2.04. The fourth-order valence-corrected chi connectivity index (χ4v) is 3.86. The van der Waals surface area contributed by atoms with E-state index in [0.29, 0.717) is 6.04 Å². The Morgan fingerprint density at radius 1 is 1.15 bits per heavy atom. The molecule has 0 bridgehead atoms. The molecule has 114 valence electrons. The van der Waals surface area contributed by atoms with E-state index in [1.807, 2.05) is 11.8 Å². The number of hydrogen-bond acceptors (Lipinski definition) is 3. The minimum absolute atomic E-state index is 0.466. The number of nitrogens with zero attached hydrogens (tertiary/aromatic N) is 1. The lowest BCUT2D eigenvalue weighted by atomic mass is 9.95. The average Bonchev–Trinajstić information content (AvgIpc) is 2.32. The van der Waals surface area contributed by atoms with Crippen LogP contribution in [0.1, 0.15) is 35.2 Å².